The number of carbonyl (C=O) groups excluding carboxylic acids is 2. The monoisotopic (exact) mass is 424 g/mol. The first-order valence-electron chi connectivity index (χ1n) is 10.5. The number of ether oxygens (including phenoxy) is 2. The Morgan fingerprint density at radius 2 is 2.10 bits per heavy atom. The summed E-state index contributed by atoms with van der Waals surface area (Å²) in [6.07, 6.45) is 4.95. The maximum absolute atomic E-state index is 14.4. The molecule has 6 nitrogen and oxygen atoms in total. The van der Waals surface area contributed by atoms with E-state index in [0.717, 1.165) is 6.42 Å². The molecule has 1 saturated heterocycles. The normalized spacial score (nSPS) is 17.6. The summed E-state index contributed by atoms with van der Waals surface area (Å²) in [5, 5.41) is 0. The van der Waals surface area contributed by atoms with Crippen LogP contribution in [0.3, 0.4) is 0 Å². The third-order valence-corrected chi connectivity index (χ3v) is 5.46. The van der Waals surface area contributed by atoms with Gasteiger partial charge in [0.15, 0.2) is 11.9 Å². The van der Waals surface area contributed by atoms with E-state index in [0.29, 0.717) is 60.9 Å². The molecule has 2 aromatic rings. The maximum atomic E-state index is 14.4. The van der Waals surface area contributed by atoms with Crippen LogP contribution in [0, 0.1) is 5.82 Å². The number of anilines is 1. The number of carbonyl (C=O) groups is 2. The van der Waals surface area contributed by atoms with Gasteiger partial charge >= 0.3 is 0 Å². The van der Waals surface area contributed by atoms with Crippen LogP contribution in [-0.4, -0.2) is 35.9 Å². The Hall–Kier alpha value is -3.22. The van der Waals surface area contributed by atoms with E-state index in [2.05, 4.69) is 11.1 Å². The van der Waals surface area contributed by atoms with Gasteiger partial charge in [-0.25, -0.2) is 9.37 Å². The van der Waals surface area contributed by atoms with Crippen molar-refractivity contribution in [3.8, 4) is 11.6 Å². The lowest BCUT2D eigenvalue weighted by Gasteiger charge is -2.18. The third kappa shape index (κ3) is 4.60. The smallest absolute Gasteiger partial charge is 0.268 e. The molecule has 2 aliphatic rings. The molecule has 1 aromatic carbocycles. The molecule has 0 N–H and O–H groups in total. The van der Waals surface area contributed by atoms with E-state index in [1.165, 1.54) is 22.7 Å². The number of nitrogens with zero attached hydrogens (tertiary/aromatic N) is 2. The van der Waals surface area contributed by atoms with Gasteiger partial charge in [0.05, 0.1) is 12.8 Å². The van der Waals surface area contributed by atoms with E-state index in [9.17, 15) is 14.0 Å². The van der Waals surface area contributed by atoms with Gasteiger partial charge in [0.1, 0.15) is 11.6 Å². The van der Waals surface area contributed by atoms with Gasteiger partial charge in [0.25, 0.3) is 5.91 Å². The quantitative estimate of drug-likeness (QED) is 0.491. The Kier molecular flexibility index (Phi) is 6.02. The maximum Gasteiger partial charge on any atom is 0.268 e. The number of hydrogen-bond acceptors (Lipinski definition) is 5. The van der Waals surface area contributed by atoms with Crippen LogP contribution >= 0.6 is 0 Å². The van der Waals surface area contributed by atoms with Crippen LogP contribution in [0.1, 0.15) is 49.0 Å². The minimum absolute atomic E-state index is 0.0792. The van der Waals surface area contributed by atoms with E-state index in [4.69, 9.17) is 9.47 Å². The summed E-state index contributed by atoms with van der Waals surface area (Å²) < 4.78 is 25.8. The summed E-state index contributed by atoms with van der Waals surface area (Å²) in [4.78, 5) is 30.5. The van der Waals surface area contributed by atoms with Crippen LogP contribution in [0.25, 0.3) is 0 Å². The van der Waals surface area contributed by atoms with Gasteiger partial charge in [-0.1, -0.05) is 11.6 Å². The van der Waals surface area contributed by atoms with Crippen LogP contribution in [0.2, 0.25) is 0 Å². The highest BCUT2D eigenvalue weighted by Gasteiger charge is 2.36. The highest BCUT2D eigenvalue weighted by atomic mass is 19.1. The second-order valence-electron chi connectivity index (χ2n) is 8.01. The van der Waals surface area contributed by atoms with E-state index in [1.54, 1.807) is 18.2 Å². The molecule has 1 atom stereocenters. The number of Topliss-reactive ketones (excluding diaryl/α,β-unsaturated/α-hetero) is 1. The summed E-state index contributed by atoms with van der Waals surface area (Å²) in [6, 6.07) is 6.38. The molecule has 31 heavy (non-hydrogen) atoms. The van der Waals surface area contributed by atoms with Gasteiger partial charge in [-0.15, -0.1) is 0 Å². The fourth-order valence-electron chi connectivity index (χ4n) is 3.87. The first kappa shape index (κ1) is 21.0. The molecule has 1 amide bonds. The summed E-state index contributed by atoms with van der Waals surface area (Å²) in [6.45, 7) is 5.01. The SMILES string of the molecule is CC(C)=CCCOc1ccc(O[C@@H]2CCN(c3cc(F)c4c(c3)C(=O)CC4)C2=O)cn1. The predicted molar refractivity (Wildman–Crippen MR) is 114 cm³/mol. The third-order valence-electron chi connectivity index (χ3n) is 5.46. The molecule has 0 unspecified atom stereocenters. The molecule has 0 saturated carbocycles. The molecule has 1 aromatic heterocycles. The Labute approximate surface area is 180 Å². The number of ketones is 1. The Bertz CT molecular complexity index is 1030. The zero-order valence-corrected chi connectivity index (χ0v) is 17.7. The van der Waals surface area contributed by atoms with Crippen molar-refractivity contribution >= 4 is 17.4 Å². The minimum atomic E-state index is -0.682. The first-order chi connectivity index (χ1) is 14.9. The molecular formula is C24H25FN2O4. The highest BCUT2D eigenvalue weighted by Crippen LogP contribution is 2.32. The molecule has 1 fully saturated rings. The highest BCUT2D eigenvalue weighted by molar-refractivity contribution is 6.04. The minimum Gasteiger partial charge on any atom is -0.479 e. The van der Waals surface area contributed by atoms with Crippen LogP contribution < -0.4 is 14.4 Å². The first-order valence-corrected chi connectivity index (χ1v) is 10.5. The lowest BCUT2D eigenvalue weighted by molar-refractivity contribution is -0.122. The summed E-state index contributed by atoms with van der Waals surface area (Å²) >= 11 is 0. The molecule has 7 heteroatoms. The van der Waals surface area contributed by atoms with Crippen molar-refractivity contribution < 1.29 is 23.5 Å². The van der Waals surface area contributed by atoms with Crippen molar-refractivity contribution in [3.63, 3.8) is 0 Å². The van der Waals surface area contributed by atoms with Crippen molar-refractivity contribution in [1.29, 1.82) is 0 Å². The standard InChI is InChI=1S/C24H25FN2O4/c1-15(2)4-3-11-30-23-8-5-17(14-26-23)31-22-9-10-27(24(22)29)16-12-19-18(20(25)13-16)6-7-21(19)28/h4-5,8,12-14,22H,3,6-7,9-11H2,1-2H3/t22-/m1/s1. The van der Waals surface area contributed by atoms with Crippen LogP contribution in [0.4, 0.5) is 10.1 Å². The Morgan fingerprint density at radius 3 is 2.84 bits per heavy atom. The number of fused-ring (bicyclic) bond motifs is 1. The van der Waals surface area contributed by atoms with Gasteiger partial charge in [-0.05, 0) is 50.5 Å². The average Bonchev–Trinajstić information content (AvgIpc) is 3.30. The predicted octanol–water partition coefficient (Wildman–Crippen LogP) is 4.27. The number of hydrogen-bond donors (Lipinski definition) is 0. The summed E-state index contributed by atoms with van der Waals surface area (Å²) in [5.74, 6) is 0.190. The Morgan fingerprint density at radius 1 is 1.26 bits per heavy atom. The van der Waals surface area contributed by atoms with Crippen LogP contribution in [-0.2, 0) is 11.2 Å². The van der Waals surface area contributed by atoms with Crippen molar-refractivity contribution in [1.82, 2.24) is 4.98 Å². The molecular weight excluding hydrogens is 399 g/mol. The topological polar surface area (TPSA) is 68.7 Å². The van der Waals surface area contributed by atoms with Crippen molar-refractivity contribution in [2.24, 2.45) is 0 Å². The van der Waals surface area contributed by atoms with E-state index >= 15 is 0 Å². The number of benzene rings is 1. The zero-order chi connectivity index (χ0) is 22.0. The molecule has 1 aliphatic carbocycles. The second-order valence-corrected chi connectivity index (χ2v) is 8.01. The van der Waals surface area contributed by atoms with Gasteiger partial charge in [-0.2, -0.15) is 0 Å². The number of amides is 1. The number of allylic oxidation sites excluding steroid dienone is 1. The van der Waals surface area contributed by atoms with Crippen molar-refractivity contribution in [2.45, 2.75) is 45.6 Å². The zero-order valence-electron chi connectivity index (χ0n) is 17.7. The largest absolute Gasteiger partial charge is 0.479 e. The van der Waals surface area contributed by atoms with Crippen molar-refractivity contribution in [2.75, 3.05) is 18.1 Å². The van der Waals surface area contributed by atoms with Gasteiger partial charge < -0.3 is 14.4 Å². The lowest BCUT2D eigenvalue weighted by atomic mass is 10.1. The van der Waals surface area contributed by atoms with E-state index in [-0.39, 0.29) is 11.7 Å². The van der Waals surface area contributed by atoms with Crippen LogP contribution in [0.15, 0.2) is 42.1 Å². The van der Waals surface area contributed by atoms with E-state index in [1.807, 2.05) is 13.8 Å². The average molecular weight is 424 g/mol. The number of pyridine rings is 1. The van der Waals surface area contributed by atoms with Gasteiger partial charge in [0, 0.05) is 36.7 Å². The molecule has 2 heterocycles. The number of rotatable bonds is 7. The second kappa shape index (κ2) is 8.88. The van der Waals surface area contributed by atoms with Gasteiger partial charge in [-0.3, -0.25) is 9.59 Å². The molecule has 162 valence electrons. The lowest BCUT2D eigenvalue weighted by Crippen LogP contribution is -2.32. The summed E-state index contributed by atoms with van der Waals surface area (Å²) in [7, 11) is 0. The van der Waals surface area contributed by atoms with Gasteiger partial charge in [0.2, 0.25) is 5.88 Å². The number of halogens is 1. The molecule has 4 rings (SSSR count). The molecule has 1 aliphatic heterocycles. The fourth-order valence-corrected chi connectivity index (χ4v) is 3.87. The molecule has 0 bridgehead atoms. The molecule has 0 spiro atoms. The molecule has 0 radical (unpaired) electrons. The van der Waals surface area contributed by atoms with Crippen molar-refractivity contribution in [3.05, 3.63) is 59.1 Å². The number of aromatic nitrogens is 1. The Balaban J connectivity index is 1.38. The van der Waals surface area contributed by atoms with Crippen LogP contribution in [0.5, 0.6) is 11.6 Å². The fraction of sp³-hybridized carbons (Fsp3) is 0.375. The summed E-state index contributed by atoms with van der Waals surface area (Å²) in [5.41, 5.74) is 2.48. The van der Waals surface area contributed by atoms with E-state index < -0.39 is 11.9 Å².